The second kappa shape index (κ2) is 4.71. The van der Waals surface area contributed by atoms with Crippen LogP contribution in [0.5, 0.6) is 0 Å². The van der Waals surface area contributed by atoms with Crippen LogP contribution in [0.4, 0.5) is 0 Å². The van der Waals surface area contributed by atoms with Crippen molar-refractivity contribution in [3.8, 4) is 22.3 Å². The fourth-order valence-corrected chi connectivity index (χ4v) is 4.98. The molecule has 116 valence electrons. The lowest BCUT2D eigenvalue weighted by Gasteiger charge is -2.11. The van der Waals surface area contributed by atoms with Crippen LogP contribution >= 0.6 is 15.9 Å². The molecule has 0 aliphatic heterocycles. The summed E-state index contributed by atoms with van der Waals surface area (Å²) in [6.45, 7) is 0. The van der Waals surface area contributed by atoms with E-state index in [1.807, 2.05) is 0 Å². The Morgan fingerprint density at radius 3 is 1.88 bits per heavy atom. The van der Waals surface area contributed by atoms with Crippen LogP contribution < -0.4 is 0 Å². The minimum absolute atomic E-state index is 1.16. The molecule has 5 aromatic carbocycles. The summed E-state index contributed by atoms with van der Waals surface area (Å²) in [4.78, 5) is 0. The van der Waals surface area contributed by atoms with Crippen LogP contribution in [0.2, 0.25) is 0 Å². The second-order valence-electron chi connectivity index (χ2n) is 6.70. The quantitative estimate of drug-likeness (QED) is 0.238. The molecule has 0 spiro atoms. The van der Waals surface area contributed by atoms with Gasteiger partial charge < -0.3 is 0 Å². The van der Waals surface area contributed by atoms with Crippen LogP contribution in [-0.4, -0.2) is 0 Å². The molecule has 1 aliphatic rings. The molecule has 0 nitrogen and oxygen atoms in total. The van der Waals surface area contributed by atoms with Crippen molar-refractivity contribution in [2.24, 2.45) is 0 Å². The van der Waals surface area contributed by atoms with Crippen LogP contribution in [-0.2, 0) is 0 Å². The number of hydrogen-bond acceptors (Lipinski definition) is 0. The number of halogens is 1. The highest BCUT2D eigenvalue weighted by atomic mass is 79.9. The minimum atomic E-state index is 1.16. The Labute approximate surface area is 153 Å². The van der Waals surface area contributed by atoms with E-state index in [-0.39, 0.29) is 0 Å². The highest BCUT2D eigenvalue weighted by Gasteiger charge is 2.22. The Morgan fingerprint density at radius 2 is 1.04 bits per heavy atom. The van der Waals surface area contributed by atoms with Gasteiger partial charge in [-0.25, -0.2) is 0 Å². The number of benzene rings is 5. The van der Waals surface area contributed by atoms with E-state index in [2.05, 4.69) is 94.8 Å². The van der Waals surface area contributed by atoms with E-state index in [4.69, 9.17) is 0 Å². The van der Waals surface area contributed by atoms with E-state index in [1.165, 1.54) is 54.6 Å². The molecule has 6 rings (SSSR count). The van der Waals surface area contributed by atoms with Gasteiger partial charge in [-0.2, -0.15) is 0 Å². The van der Waals surface area contributed by atoms with Gasteiger partial charge in [-0.3, -0.25) is 0 Å². The fraction of sp³-hybridized carbons (Fsp3) is 0. The van der Waals surface area contributed by atoms with Crippen LogP contribution in [0.15, 0.2) is 83.3 Å². The largest absolute Gasteiger partial charge is 0.0616 e. The lowest BCUT2D eigenvalue weighted by molar-refractivity contribution is 1.70. The lowest BCUT2D eigenvalue weighted by Crippen LogP contribution is -1.84. The van der Waals surface area contributed by atoms with Gasteiger partial charge in [0.05, 0.1) is 0 Å². The fourth-order valence-electron chi connectivity index (χ4n) is 4.41. The van der Waals surface area contributed by atoms with Gasteiger partial charge in [0.1, 0.15) is 0 Å². The average molecular weight is 381 g/mol. The maximum Gasteiger partial charge on any atom is 0.0260 e. The molecule has 0 radical (unpaired) electrons. The van der Waals surface area contributed by atoms with E-state index in [9.17, 15) is 0 Å². The molecule has 5 aromatic rings. The zero-order valence-electron chi connectivity index (χ0n) is 13.4. The summed E-state index contributed by atoms with van der Waals surface area (Å²) in [6.07, 6.45) is 0. The van der Waals surface area contributed by atoms with Crippen LogP contribution in [0.3, 0.4) is 0 Å². The average Bonchev–Trinajstić information content (AvgIpc) is 2.99. The summed E-state index contributed by atoms with van der Waals surface area (Å²) in [6, 6.07) is 28.8. The van der Waals surface area contributed by atoms with Crippen LogP contribution in [0, 0.1) is 0 Å². The van der Waals surface area contributed by atoms with E-state index in [0.29, 0.717) is 0 Å². The molecule has 0 fully saturated rings. The molecule has 0 atom stereocenters. The zero-order chi connectivity index (χ0) is 16.5. The molecule has 0 unspecified atom stereocenters. The Balaban J connectivity index is 1.94. The zero-order valence-corrected chi connectivity index (χ0v) is 15.0. The Morgan fingerprint density at radius 1 is 0.440 bits per heavy atom. The molecule has 25 heavy (non-hydrogen) atoms. The van der Waals surface area contributed by atoms with Gasteiger partial charge >= 0.3 is 0 Å². The van der Waals surface area contributed by atoms with Crippen molar-refractivity contribution < 1.29 is 0 Å². The van der Waals surface area contributed by atoms with Crippen molar-refractivity contribution >= 4 is 48.2 Å². The minimum Gasteiger partial charge on any atom is -0.0616 e. The SMILES string of the molecule is Brc1cc2c3cccc4c3c(cc2c2ccccc12)-c1ccccc1-4. The monoisotopic (exact) mass is 380 g/mol. The summed E-state index contributed by atoms with van der Waals surface area (Å²) in [5.41, 5.74) is 5.42. The molecule has 0 saturated carbocycles. The van der Waals surface area contributed by atoms with E-state index >= 15 is 0 Å². The first-order chi connectivity index (χ1) is 12.3. The maximum absolute atomic E-state index is 3.78. The van der Waals surface area contributed by atoms with Crippen molar-refractivity contribution in [1.82, 2.24) is 0 Å². The van der Waals surface area contributed by atoms with Gasteiger partial charge in [-0.15, -0.1) is 0 Å². The van der Waals surface area contributed by atoms with Gasteiger partial charge in [0.25, 0.3) is 0 Å². The third-order valence-electron chi connectivity index (χ3n) is 5.46. The summed E-state index contributed by atoms with van der Waals surface area (Å²) in [5, 5.41) is 7.95. The predicted molar refractivity (Wildman–Crippen MR) is 111 cm³/mol. The van der Waals surface area contributed by atoms with Gasteiger partial charge in [-0.1, -0.05) is 82.7 Å². The van der Waals surface area contributed by atoms with Crippen LogP contribution in [0.1, 0.15) is 0 Å². The van der Waals surface area contributed by atoms with E-state index in [0.717, 1.165) is 4.47 Å². The molecule has 0 bridgehead atoms. The smallest absolute Gasteiger partial charge is 0.0260 e. The first-order valence-corrected chi connectivity index (χ1v) is 9.29. The van der Waals surface area contributed by atoms with Crippen molar-refractivity contribution in [3.63, 3.8) is 0 Å². The van der Waals surface area contributed by atoms with Crippen molar-refractivity contribution in [3.05, 3.63) is 83.3 Å². The molecule has 1 heteroatoms. The predicted octanol–water partition coefficient (Wildman–Crippen LogP) is 7.56. The van der Waals surface area contributed by atoms with Gasteiger partial charge in [0.15, 0.2) is 0 Å². The second-order valence-corrected chi connectivity index (χ2v) is 7.55. The third kappa shape index (κ3) is 1.66. The van der Waals surface area contributed by atoms with Gasteiger partial charge in [0, 0.05) is 4.47 Å². The van der Waals surface area contributed by atoms with Crippen molar-refractivity contribution in [1.29, 1.82) is 0 Å². The molecule has 0 heterocycles. The molecule has 1 aliphatic carbocycles. The van der Waals surface area contributed by atoms with Crippen LogP contribution in [0.25, 0.3) is 54.6 Å². The maximum atomic E-state index is 3.78. The topological polar surface area (TPSA) is 0 Å². The summed E-state index contributed by atoms with van der Waals surface area (Å²) in [7, 11) is 0. The molecule has 0 saturated heterocycles. The Kier molecular flexibility index (Phi) is 2.57. The highest BCUT2D eigenvalue weighted by molar-refractivity contribution is 9.10. The number of fused-ring (bicyclic) bond motifs is 7. The first kappa shape index (κ1) is 13.6. The molecule has 0 aromatic heterocycles. The normalized spacial score (nSPS) is 12.2. The third-order valence-corrected chi connectivity index (χ3v) is 6.11. The number of hydrogen-bond donors (Lipinski definition) is 0. The molecule has 0 N–H and O–H groups in total. The van der Waals surface area contributed by atoms with Crippen molar-refractivity contribution in [2.45, 2.75) is 0 Å². The summed E-state index contributed by atoms with van der Waals surface area (Å²) >= 11 is 3.78. The first-order valence-electron chi connectivity index (χ1n) is 8.49. The Bertz CT molecular complexity index is 1350. The number of rotatable bonds is 0. The lowest BCUT2D eigenvalue weighted by atomic mass is 9.93. The molecular weight excluding hydrogens is 368 g/mol. The van der Waals surface area contributed by atoms with E-state index < -0.39 is 0 Å². The highest BCUT2D eigenvalue weighted by Crippen LogP contribution is 2.50. The van der Waals surface area contributed by atoms with Gasteiger partial charge in [-0.05, 0) is 66.7 Å². The Hall–Kier alpha value is -2.64. The summed E-state index contributed by atoms with van der Waals surface area (Å²) in [5.74, 6) is 0. The molecular formula is C24H13Br. The molecule has 0 amide bonds. The van der Waals surface area contributed by atoms with Gasteiger partial charge in [0.2, 0.25) is 0 Å². The summed E-state index contributed by atoms with van der Waals surface area (Å²) < 4.78 is 1.16. The van der Waals surface area contributed by atoms with Crippen molar-refractivity contribution in [2.75, 3.05) is 0 Å². The standard InChI is InChI=1S/C24H13Br/c25-23-13-21-19-11-5-10-18-14-6-1-2-7-15(14)22(24(18)19)12-20(21)16-8-3-4-9-17(16)23/h1-13H. The van der Waals surface area contributed by atoms with E-state index in [1.54, 1.807) is 0 Å².